The van der Waals surface area contributed by atoms with Gasteiger partial charge in [0.05, 0.1) is 12.6 Å². The maximum atomic E-state index is 12.9. The molecule has 1 aromatic carbocycles. The van der Waals surface area contributed by atoms with Gasteiger partial charge in [-0.2, -0.15) is 0 Å². The number of nitrogens with zero attached hydrogens (tertiary/aromatic N) is 1. The van der Waals surface area contributed by atoms with E-state index in [0.717, 1.165) is 38.2 Å². The van der Waals surface area contributed by atoms with Crippen LogP contribution in [0.5, 0.6) is 0 Å². The first-order valence-corrected chi connectivity index (χ1v) is 7.13. The first kappa shape index (κ1) is 17.9. The van der Waals surface area contributed by atoms with Crippen molar-refractivity contribution < 1.29 is 9.18 Å². The summed E-state index contributed by atoms with van der Waals surface area (Å²) >= 11 is 0. The summed E-state index contributed by atoms with van der Waals surface area (Å²) in [5, 5.41) is 6.27. The third-order valence-electron chi connectivity index (χ3n) is 3.55. The molecule has 1 aliphatic rings. The van der Waals surface area contributed by atoms with Crippen molar-refractivity contribution in [2.75, 3.05) is 32.7 Å². The number of hydrogen-bond donors (Lipinski definition) is 2. The van der Waals surface area contributed by atoms with Gasteiger partial charge in [-0.3, -0.25) is 9.69 Å². The third-order valence-corrected chi connectivity index (χ3v) is 3.55. The van der Waals surface area contributed by atoms with E-state index < -0.39 is 0 Å². The van der Waals surface area contributed by atoms with Crippen LogP contribution in [-0.2, 0) is 4.79 Å². The van der Waals surface area contributed by atoms with Crippen molar-refractivity contribution in [1.29, 1.82) is 0 Å². The molecule has 1 aromatic rings. The molecule has 0 aromatic heterocycles. The van der Waals surface area contributed by atoms with Gasteiger partial charge in [0.15, 0.2) is 0 Å². The third kappa shape index (κ3) is 5.99. The summed E-state index contributed by atoms with van der Waals surface area (Å²) < 4.78 is 12.9. The maximum Gasteiger partial charge on any atom is 0.234 e. The zero-order valence-corrected chi connectivity index (χ0v) is 13.1. The van der Waals surface area contributed by atoms with E-state index in [1.165, 1.54) is 12.1 Å². The molecular weight excluding hydrogens is 293 g/mol. The second kappa shape index (κ2) is 8.97. The Balaban J connectivity index is 0.00000220. The molecule has 0 spiro atoms. The number of carbonyl (C=O) groups is 1. The molecule has 1 fully saturated rings. The molecule has 0 saturated carbocycles. The number of carbonyl (C=O) groups excluding carboxylic acids is 1. The Labute approximate surface area is 131 Å². The fourth-order valence-electron chi connectivity index (χ4n) is 2.38. The standard InChI is InChI=1S/C15H22FN3O.ClH/c1-12(13-3-5-14(16)6-4-13)18-15(20)11-19-9-2-7-17-8-10-19;/h3-6,12,17H,2,7-11H2,1H3,(H,18,20);1H. The summed E-state index contributed by atoms with van der Waals surface area (Å²) in [6, 6.07) is 6.14. The SMILES string of the molecule is CC(NC(=O)CN1CCCNCC1)c1ccc(F)cc1.Cl. The zero-order chi connectivity index (χ0) is 14.4. The summed E-state index contributed by atoms with van der Waals surface area (Å²) in [4.78, 5) is 14.2. The normalized spacial score (nSPS) is 17.4. The molecule has 1 heterocycles. The summed E-state index contributed by atoms with van der Waals surface area (Å²) in [6.45, 7) is 6.14. The van der Waals surface area contributed by atoms with E-state index in [1.54, 1.807) is 12.1 Å². The Bertz CT molecular complexity index is 433. The molecule has 0 radical (unpaired) electrons. The van der Waals surface area contributed by atoms with Gasteiger partial charge in [0, 0.05) is 13.1 Å². The lowest BCUT2D eigenvalue weighted by molar-refractivity contribution is -0.122. The minimum atomic E-state index is -0.260. The molecule has 2 rings (SSSR count). The largest absolute Gasteiger partial charge is 0.348 e. The van der Waals surface area contributed by atoms with Crippen LogP contribution in [0.25, 0.3) is 0 Å². The van der Waals surface area contributed by atoms with Crippen LogP contribution in [0.15, 0.2) is 24.3 Å². The molecule has 0 aliphatic carbocycles. The molecule has 6 heteroatoms. The van der Waals surface area contributed by atoms with Crippen LogP contribution in [0, 0.1) is 5.82 Å². The van der Waals surface area contributed by atoms with Gasteiger partial charge in [0.25, 0.3) is 0 Å². The van der Waals surface area contributed by atoms with Crippen LogP contribution in [0.3, 0.4) is 0 Å². The Morgan fingerprint density at radius 1 is 1.33 bits per heavy atom. The number of rotatable bonds is 4. The lowest BCUT2D eigenvalue weighted by Gasteiger charge is -2.21. The maximum absolute atomic E-state index is 12.9. The van der Waals surface area contributed by atoms with Gasteiger partial charge in [-0.15, -0.1) is 12.4 Å². The number of hydrogen-bond acceptors (Lipinski definition) is 3. The highest BCUT2D eigenvalue weighted by molar-refractivity contribution is 5.85. The van der Waals surface area contributed by atoms with Crippen molar-refractivity contribution in [1.82, 2.24) is 15.5 Å². The number of nitrogens with one attached hydrogen (secondary N) is 2. The van der Waals surface area contributed by atoms with E-state index in [2.05, 4.69) is 15.5 Å². The van der Waals surface area contributed by atoms with Crippen LogP contribution in [0.2, 0.25) is 0 Å². The smallest absolute Gasteiger partial charge is 0.234 e. The topological polar surface area (TPSA) is 44.4 Å². The van der Waals surface area contributed by atoms with Crippen molar-refractivity contribution in [2.24, 2.45) is 0 Å². The van der Waals surface area contributed by atoms with Crippen LogP contribution in [-0.4, -0.2) is 43.5 Å². The molecule has 21 heavy (non-hydrogen) atoms. The highest BCUT2D eigenvalue weighted by atomic mass is 35.5. The van der Waals surface area contributed by atoms with Gasteiger partial charge < -0.3 is 10.6 Å². The lowest BCUT2D eigenvalue weighted by atomic mass is 10.1. The minimum absolute atomic E-state index is 0. The summed E-state index contributed by atoms with van der Waals surface area (Å²) in [5.74, 6) is -0.243. The Morgan fingerprint density at radius 2 is 2.05 bits per heavy atom. The van der Waals surface area contributed by atoms with Crippen molar-refractivity contribution >= 4 is 18.3 Å². The Kier molecular flexibility index (Phi) is 7.64. The monoisotopic (exact) mass is 315 g/mol. The minimum Gasteiger partial charge on any atom is -0.348 e. The van der Waals surface area contributed by atoms with Crippen LogP contribution in [0.1, 0.15) is 24.9 Å². The highest BCUT2D eigenvalue weighted by Crippen LogP contribution is 2.12. The number of halogens is 2. The Hall–Kier alpha value is -1.17. The van der Waals surface area contributed by atoms with Gasteiger partial charge in [-0.1, -0.05) is 12.1 Å². The molecule has 118 valence electrons. The lowest BCUT2D eigenvalue weighted by Crippen LogP contribution is -2.39. The average molecular weight is 316 g/mol. The van der Waals surface area contributed by atoms with Gasteiger partial charge in [-0.25, -0.2) is 4.39 Å². The molecule has 1 amide bonds. The van der Waals surface area contributed by atoms with E-state index in [0.29, 0.717) is 6.54 Å². The number of amides is 1. The van der Waals surface area contributed by atoms with Crippen LogP contribution < -0.4 is 10.6 Å². The number of benzene rings is 1. The Morgan fingerprint density at radius 3 is 2.76 bits per heavy atom. The van der Waals surface area contributed by atoms with E-state index in [4.69, 9.17) is 0 Å². The van der Waals surface area contributed by atoms with E-state index in [9.17, 15) is 9.18 Å². The predicted octanol–water partition coefficient (Wildman–Crippen LogP) is 1.72. The van der Waals surface area contributed by atoms with Crippen molar-refractivity contribution in [3.8, 4) is 0 Å². The molecule has 4 nitrogen and oxygen atoms in total. The van der Waals surface area contributed by atoms with Crippen LogP contribution in [0.4, 0.5) is 4.39 Å². The van der Waals surface area contributed by atoms with E-state index >= 15 is 0 Å². The molecule has 0 bridgehead atoms. The zero-order valence-electron chi connectivity index (χ0n) is 12.3. The fourth-order valence-corrected chi connectivity index (χ4v) is 2.38. The van der Waals surface area contributed by atoms with Crippen molar-refractivity contribution in [2.45, 2.75) is 19.4 Å². The first-order valence-electron chi connectivity index (χ1n) is 7.13. The van der Waals surface area contributed by atoms with Gasteiger partial charge >= 0.3 is 0 Å². The first-order chi connectivity index (χ1) is 9.65. The second-order valence-corrected chi connectivity index (χ2v) is 5.22. The molecule has 2 N–H and O–H groups in total. The molecule has 1 unspecified atom stereocenters. The predicted molar refractivity (Wildman–Crippen MR) is 84.1 cm³/mol. The second-order valence-electron chi connectivity index (χ2n) is 5.22. The molecule has 1 aliphatic heterocycles. The fraction of sp³-hybridized carbons (Fsp3) is 0.533. The van der Waals surface area contributed by atoms with E-state index in [-0.39, 0.29) is 30.2 Å². The van der Waals surface area contributed by atoms with Crippen LogP contribution >= 0.6 is 12.4 Å². The molecule has 1 saturated heterocycles. The highest BCUT2D eigenvalue weighted by Gasteiger charge is 2.15. The molecule has 1 atom stereocenters. The van der Waals surface area contributed by atoms with Gasteiger partial charge in [0.2, 0.25) is 5.91 Å². The van der Waals surface area contributed by atoms with Crippen molar-refractivity contribution in [3.05, 3.63) is 35.6 Å². The quantitative estimate of drug-likeness (QED) is 0.889. The average Bonchev–Trinajstić information content (AvgIpc) is 2.68. The van der Waals surface area contributed by atoms with E-state index in [1.807, 2.05) is 6.92 Å². The van der Waals surface area contributed by atoms with Gasteiger partial charge in [-0.05, 0) is 44.1 Å². The summed E-state index contributed by atoms with van der Waals surface area (Å²) in [7, 11) is 0. The summed E-state index contributed by atoms with van der Waals surface area (Å²) in [5.41, 5.74) is 0.914. The van der Waals surface area contributed by atoms with Gasteiger partial charge in [0.1, 0.15) is 5.82 Å². The summed E-state index contributed by atoms with van der Waals surface area (Å²) in [6.07, 6.45) is 1.07. The van der Waals surface area contributed by atoms with Crippen molar-refractivity contribution in [3.63, 3.8) is 0 Å². The molecular formula is C15H23ClFN3O.